The lowest BCUT2D eigenvalue weighted by molar-refractivity contribution is -0.144. The van der Waals surface area contributed by atoms with Crippen molar-refractivity contribution in [3.05, 3.63) is 47.6 Å². The van der Waals surface area contributed by atoms with E-state index in [1.54, 1.807) is 31.3 Å². The Bertz CT molecular complexity index is 1370. The highest BCUT2D eigenvalue weighted by atomic mass is 19.4. The molecule has 2 saturated carbocycles. The minimum absolute atomic E-state index is 0.105. The SMILES string of the molecule is Cn1nccc1C(=O)N[C@H](c1nc2cc(C(NC(=O)CCC(F)(F)F)C3CC3)ccc2o1)C1CCC(F)(F)CC1. The molecule has 13 heteroatoms. The molecule has 2 amide bonds. The van der Waals surface area contributed by atoms with Gasteiger partial charge in [0, 0.05) is 32.5 Å². The number of carbonyl (C=O) groups is 2. The van der Waals surface area contributed by atoms with Crippen molar-refractivity contribution in [2.75, 3.05) is 0 Å². The van der Waals surface area contributed by atoms with E-state index < -0.39 is 48.8 Å². The topological polar surface area (TPSA) is 102 Å². The summed E-state index contributed by atoms with van der Waals surface area (Å²) in [5.41, 5.74) is 1.81. The van der Waals surface area contributed by atoms with Gasteiger partial charge in [0.1, 0.15) is 17.3 Å². The molecular formula is C27H30F5N5O3. The van der Waals surface area contributed by atoms with Crippen molar-refractivity contribution in [1.29, 1.82) is 0 Å². The first-order valence-electron chi connectivity index (χ1n) is 13.3. The number of fused-ring (bicyclic) bond motifs is 1. The Labute approximate surface area is 226 Å². The molecular weight excluding hydrogens is 537 g/mol. The van der Waals surface area contributed by atoms with Gasteiger partial charge in [-0.25, -0.2) is 13.8 Å². The Morgan fingerprint density at radius 1 is 1.07 bits per heavy atom. The summed E-state index contributed by atoms with van der Waals surface area (Å²) in [6, 6.07) is 5.41. The molecule has 2 aliphatic rings. The number of amides is 2. The van der Waals surface area contributed by atoms with E-state index in [4.69, 9.17) is 4.42 Å². The van der Waals surface area contributed by atoms with Gasteiger partial charge in [0.25, 0.3) is 5.91 Å². The number of halogens is 5. The van der Waals surface area contributed by atoms with Crippen molar-refractivity contribution < 1.29 is 36.0 Å². The Morgan fingerprint density at radius 3 is 2.40 bits per heavy atom. The molecule has 2 aliphatic carbocycles. The van der Waals surface area contributed by atoms with Gasteiger partial charge in [-0.3, -0.25) is 14.3 Å². The van der Waals surface area contributed by atoms with Crippen LogP contribution in [0.15, 0.2) is 34.9 Å². The molecule has 1 aromatic carbocycles. The van der Waals surface area contributed by atoms with Gasteiger partial charge in [-0.05, 0) is 61.3 Å². The van der Waals surface area contributed by atoms with Gasteiger partial charge < -0.3 is 15.1 Å². The third kappa shape index (κ3) is 6.61. The Balaban J connectivity index is 1.39. The zero-order chi connectivity index (χ0) is 28.7. The predicted octanol–water partition coefficient (Wildman–Crippen LogP) is 5.77. The third-order valence-corrected chi connectivity index (χ3v) is 7.67. The average Bonchev–Trinajstić information content (AvgIpc) is 3.49. The first kappa shape index (κ1) is 28.0. The maximum Gasteiger partial charge on any atom is 0.389 e. The number of carbonyl (C=O) groups excluding carboxylic acids is 2. The molecule has 3 aromatic rings. The van der Waals surface area contributed by atoms with Crippen LogP contribution in [-0.4, -0.2) is 38.7 Å². The molecule has 40 heavy (non-hydrogen) atoms. The number of benzene rings is 1. The summed E-state index contributed by atoms with van der Waals surface area (Å²) in [5.74, 6) is -3.94. The van der Waals surface area contributed by atoms with E-state index in [1.165, 1.54) is 10.9 Å². The van der Waals surface area contributed by atoms with Crippen molar-refractivity contribution in [3.63, 3.8) is 0 Å². The number of alkyl halides is 5. The average molecular weight is 568 g/mol. The van der Waals surface area contributed by atoms with E-state index in [2.05, 4.69) is 20.7 Å². The zero-order valence-corrected chi connectivity index (χ0v) is 21.8. The molecule has 0 aliphatic heterocycles. The van der Waals surface area contributed by atoms with Crippen LogP contribution in [-0.2, 0) is 11.8 Å². The van der Waals surface area contributed by atoms with E-state index in [0.717, 1.165) is 12.8 Å². The quantitative estimate of drug-likeness (QED) is 0.320. The van der Waals surface area contributed by atoms with Crippen molar-refractivity contribution >= 4 is 22.9 Å². The zero-order valence-electron chi connectivity index (χ0n) is 21.8. The van der Waals surface area contributed by atoms with Crippen molar-refractivity contribution in [2.24, 2.45) is 18.9 Å². The highest BCUT2D eigenvalue weighted by Crippen LogP contribution is 2.43. The number of hydrogen-bond donors (Lipinski definition) is 2. The lowest BCUT2D eigenvalue weighted by atomic mass is 9.82. The standard InChI is InChI=1S/C27H30F5N5O3/c1-37-19(9-13-33-37)24(39)36-23(16-6-10-26(28,29)11-7-16)25-34-18-14-17(4-5-20(18)40-25)22(15-2-3-15)35-21(38)8-12-27(30,31)32/h4-5,9,13-16,22-23H,2-3,6-8,10-12H2,1H3,(H,35,38)(H,36,39)/t22?,23-/m0/s1. The lowest BCUT2D eigenvalue weighted by Gasteiger charge is -2.32. The van der Waals surface area contributed by atoms with Crippen LogP contribution in [0.3, 0.4) is 0 Å². The number of oxazole rings is 1. The molecule has 0 spiro atoms. The summed E-state index contributed by atoms with van der Waals surface area (Å²) in [6.07, 6.45) is -3.40. The summed E-state index contributed by atoms with van der Waals surface area (Å²) < 4.78 is 73.0. The molecule has 0 radical (unpaired) electrons. The minimum Gasteiger partial charge on any atom is -0.438 e. The second-order valence-electron chi connectivity index (χ2n) is 10.8. The molecule has 2 heterocycles. The number of aromatic nitrogens is 3. The molecule has 2 fully saturated rings. The largest absolute Gasteiger partial charge is 0.438 e. The fourth-order valence-electron chi connectivity index (χ4n) is 5.28. The van der Waals surface area contributed by atoms with Gasteiger partial charge in [0.15, 0.2) is 5.58 Å². The molecule has 5 rings (SSSR count). The summed E-state index contributed by atoms with van der Waals surface area (Å²) in [6.45, 7) is 0. The van der Waals surface area contributed by atoms with Gasteiger partial charge in [-0.2, -0.15) is 18.3 Å². The van der Waals surface area contributed by atoms with E-state index in [1.807, 2.05) is 0 Å². The maximum atomic E-state index is 13.9. The molecule has 0 saturated heterocycles. The first-order valence-corrected chi connectivity index (χ1v) is 13.3. The Morgan fingerprint density at radius 2 is 1.77 bits per heavy atom. The van der Waals surface area contributed by atoms with Crippen molar-refractivity contribution in [1.82, 2.24) is 25.4 Å². The summed E-state index contributed by atoms with van der Waals surface area (Å²) in [5, 5.41) is 9.64. The second kappa shape index (κ2) is 10.8. The summed E-state index contributed by atoms with van der Waals surface area (Å²) >= 11 is 0. The monoisotopic (exact) mass is 567 g/mol. The van der Waals surface area contributed by atoms with Crippen LogP contribution in [0.2, 0.25) is 0 Å². The number of aryl methyl sites for hydroxylation is 1. The molecule has 2 atom stereocenters. The van der Waals surface area contributed by atoms with Crippen LogP contribution in [0, 0.1) is 11.8 Å². The lowest BCUT2D eigenvalue weighted by Crippen LogP contribution is -2.38. The highest BCUT2D eigenvalue weighted by Gasteiger charge is 2.40. The van der Waals surface area contributed by atoms with Crippen LogP contribution in [0.5, 0.6) is 0 Å². The van der Waals surface area contributed by atoms with Gasteiger partial charge >= 0.3 is 6.18 Å². The number of nitrogens with zero attached hydrogens (tertiary/aromatic N) is 3. The minimum atomic E-state index is -4.42. The van der Waals surface area contributed by atoms with Gasteiger partial charge in [0.2, 0.25) is 17.7 Å². The van der Waals surface area contributed by atoms with Crippen molar-refractivity contribution in [2.45, 2.75) is 75.5 Å². The second-order valence-corrected chi connectivity index (χ2v) is 10.8. The normalized spacial score (nSPS) is 19.4. The fraction of sp³-hybridized carbons (Fsp3) is 0.556. The number of rotatable bonds is 9. The third-order valence-electron chi connectivity index (χ3n) is 7.67. The number of nitrogens with one attached hydrogen (secondary N) is 2. The van der Waals surface area contributed by atoms with Crippen LogP contribution in [0.4, 0.5) is 22.0 Å². The molecule has 1 unspecified atom stereocenters. The number of hydrogen-bond acceptors (Lipinski definition) is 5. The van der Waals surface area contributed by atoms with E-state index >= 15 is 0 Å². The fourth-order valence-corrected chi connectivity index (χ4v) is 5.28. The van der Waals surface area contributed by atoms with Crippen LogP contribution < -0.4 is 10.6 Å². The maximum absolute atomic E-state index is 13.9. The summed E-state index contributed by atoms with van der Waals surface area (Å²) in [7, 11) is 1.62. The molecule has 216 valence electrons. The molecule has 8 nitrogen and oxygen atoms in total. The van der Waals surface area contributed by atoms with Crippen LogP contribution in [0.25, 0.3) is 11.1 Å². The van der Waals surface area contributed by atoms with Crippen LogP contribution in [0.1, 0.15) is 85.4 Å². The van der Waals surface area contributed by atoms with E-state index in [-0.39, 0.29) is 49.1 Å². The predicted molar refractivity (Wildman–Crippen MR) is 133 cm³/mol. The van der Waals surface area contributed by atoms with Gasteiger partial charge in [0.05, 0.1) is 12.5 Å². The first-order chi connectivity index (χ1) is 18.9. The summed E-state index contributed by atoms with van der Waals surface area (Å²) in [4.78, 5) is 29.9. The van der Waals surface area contributed by atoms with Crippen molar-refractivity contribution in [3.8, 4) is 0 Å². The van der Waals surface area contributed by atoms with E-state index in [9.17, 15) is 31.5 Å². The molecule has 2 aromatic heterocycles. The van der Waals surface area contributed by atoms with E-state index in [0.29, 0.717) is 16.7 Å². The molecule has 0 bridgehead atoms. The van der Waals surface area contributed by atoms with Gasteiger partial charge in [-0.1, -0.05) is 6.07 Å². The Hall–Kier alpha value is -3.51. The van der Waals surface area contributed by atoms with Crippen LogP contribution >= 0.6 is 0 Å². The molecule has 2 N–H and O–H groups in total. The smallest absolute Gasteiger partial charge is 0.389 e. The Kier molecular flexibility index (Phi) is 7.58. The van der Waals surface area contributed by atoms with Gasteiger partial charge in [-0.15, -0.1) is 0 Å². The highest BCUT2D eigenvalue weighted by molar-refractivity contribution is 5.92.